The zero-order chi connectivity index (χ0) is 13.3. The second-order valence-corrected chi connectivity index (χ2v) is 5.19. The number of hydrogen-bond acceptors (Lipinski definition) is 3. The Morgan fingerprint density at radius 3 is 2.89 bits per heavy atom. The molecule has 0 spiro atoms. The molecule has 1 aromatic rings. The molecule has 98 valence electrons. The minimum atomic E-state index is -0.279. The Kier molecular flexibility index (Phi) is 3.55. The normalized spacial score (nSPS) is 22.8. The minimum absolute atomic E-state index is 0.109. The lowest BCUT2D eigenvalue weighted by atomic mass is 9.91. The summed E-state index contributed by atoms with van der Waals surface area (Å²) in [6.07, 6.45) is 2.29. The summed E-state index contributed by atoms with van der Waals surface area (Å²) in [6.45, 7) is 7.92. The Morgan fingerprint density at radius 1 is 1.50 bits per heavy atom. The van der Waals surface area contributed by atoms with E-state index in [2.05, 4.69) is 18.8 Å². The van der Waals surface area contributed by atoms with Crippen LogP contribution in [-0.4, -0.2) is 23.2 Å². The number of fused-ring (bicyclic) bond motifs is 1. The topological polar surface area (TPSA) is 42.4 Å². The van der Waals surface area contributed by atoms with Crippen molar-refractivity contribution in [3.05, 3.63) is 24.0 Å². The molecule has 0 N–H and O–H groups in total. The highest BCUT2D eigenvalue weighted by Gasteiger charge is 2.34. The first-order valence-corrected chi connectivity index (χ1v) is 6.44. The van der Waals surface area contributed by atoms with Crippen LogP contribution in [-0.2, 0) is 11.2 Å². The lowest BCUT2D eigenvalue weighted by molar-refractivity contribution is 0.118. The largest absolute Gasteiger partial charge is 0.446 e. The SMILES string of the molecule is CC(C)OC(=O)N1c2cccnc2CC(C)C1C. The molecule has 18 heavy (non-hydrogen) atoms. The Labute approximate surface area is 108 Å². The molecule has 0 saturated carbocycles. The number of pyridine rings is 1. The van der Waals surface area contributed by atoms with E-state index in [0.717, 1.165) is 17.8 Å². The van der Waals surface area contributed by atoms with Crippen LogP contribution in [0.15, 0.2) is 18.3 Å². The molecule has 0 aromatic carbocycles. The van der Waals surface area contributed by atoms with Crippen molar-refractivity contribution in [2.45, 2.75) is 46.3 Å². The van der Waals surface area contributed by atoms with Crippen LogP contribution in [0.2, 0.25) is 0 Å². The highest BCUT2D eigenvalue weighted by atomic mass is 16.6. The van der Waals surface area contributed by atoms with Crippen molar-refractivity contribution in [3.8, 4) is 0 Å². The third-order valence-corrected chi connectivity index (χ3v) is 3.41. The van der Waals surface area contributed by atoms with E-state index in [0.29, 0.717) is 5.92 Å². The standard InChI is InChI=1S/C14H20N2O2/c1-9(2)18-14(17)16-11(4)10(3)8-12-13(16)6-5-7-15-12/h5-7,9-11H,8H2,1-4H3. The van der Waals surface area contributed by atoms with Crippen molar-refractivity contribution in [2.24, 2.45) is 5.92 Å². The predicted molar refractivity (Wildman–Crippen MR) is 70.7 cm³/mol. The summed E-state index contributed by atoms with van der Waals surface area (Å²) < 4.78 is 5.32. The quantitative estimate of drug-likeness (QED) is 0.767. The Balaban J connectivity index is 2.35. The monoisotopic (exact) mass is 248 g/mol. The van der Waals surface area contributed by atoms with Crippen molar-refractivity contribution in [2.75, 3.05) is 4.90 Å². The molecule has 0 radical (unpaired) electrons. The molecule has 2 unspecified atom stereocenters. The second-order valence-electron chi connectivity index (χ2n) is 5.19. The fraction of sp³-hybridized carbons (Fsp3) is 0.571. The molecular formula is C14H20N2O2. The van der Waals surface area contributed by atoms with Gasteiger partial charge in [0.15, 0.2) is 0 Å². The molecule has 0 bridgehead atoms. The first-order valence-electron chi connectivity index (χ1n) is 6.44. The van der Waals surface area contributed by atoms with E-state index in [4.69, 9.17) is 4.74 Å². The molecule has 0 fully saturated rings. The number of hydrogen-bond donors (Lipinski definition) is 0. The summed E-state index contributed by atoms with van der Waals surface area (Å²) in [5.74, 6) is 0.382. The van der Waals surface area contributed by atoms with Crippen LogP contribution in [0.3, 0.4) is 0 Å². The van der Waals surface area contributed by atoms with Gasteiger partial charge in [0.2, 0.25) is 0 Å². The van der Waals surface area contributed by atoms with Gasteiger partial charge < -0.3 is 4.74 Å². The van der Waals surface area contributed by atoms with Crippen molar-refractivity contribution in [1.29, 1.82) is 0 Å². The summed E-state index contributed by atoms with van der Waals surface area (Å²) in [5, 5.41) is 0. The van der Waals surface area contributed by atoms with Gasteiger partial charge in [-0.25, -0.2) is 4.79 Å². The number of aromatic nitrogens is 1. The Morgan fingerprint density at radius 2 is 2.22 bits per heavy atom. The zero-order valence-corrected chi connectivity index (χ0v) is 11.4. The van der Waals surface area contributed by atoms with Gasteiger partial charge in [-0.15, -0.1) is 0 Å². The van der Waals surface area contributed by atoms with Crippen molar-refractivity contribution in [3.63, 3.8) is 0 Å². The van der Waals surface area contributed by atoms with Crippen LogP contribution in [0.5, 0.6) is 0 Å². The summed E-state index contributed by atoms with van der Waals surface area (Å²) in [7, 11) is 0. The van der Waals surface area contributed by atoms with Gasteiger partial charge in [-0.3, -0.25) is 9.88 Å². The van der Waals surface area contributed by atoms with Gasteiger partial charge >= 0.3 is 6.09 Å². The second kappa shape index (κ2) is 4.96. The van der Waals surface area contributed by atoms with Gasteiger partial charge in [0.05, 0.1) is 17.5 Å². The Bertz CT molecular complexity index is 445. The summed E-state index contributed by atoms with van der Waals surface area (Å²) in [6, 6.07) is 3.93. The van der Waals surface area contributed by atoms with Gasteiger partial charge in [-0.2, -0.15) is 0 Å². The molecule has 0 saturated heterocycles. The number of amides is 1. The third-order valence-electron chi connectivity index (χ3n) is 3.41. The van der Waals surface area contributed by atoms with Crippen molar-refractivity contribution in [1.82, 2.24) is 4.98 Å². The first-order chi connectivity index (χ1) is 8.50. The lowest BCUT2D eigenvalue weighted by Crippen LogP contribution is -2.47. The molecule has 2 atom stereocenters. The number of rotatable bonds is 1. The van der Waals surface area contributed by atoms with E-state index in [1.54, 1.807) is 11.1 Å². The summed E-state index contributed by atoms with van der Waals surface area (Å²) >= 11 is 0. The molecule has 2 heterocycles. The number of carbonyl (C=O) groups excluding carboxylic acids is 1. The van der Waals surface area contributed by atoms with Gasteiger partial charge in [-0.1, -0.05) is 6.92 Å². The molecule has 1 aromatic heterocycles. The molecule has 4 nitrogen and oxygen atoms in total. The molecule has 0 aliphatic carbocycles. The molecular weight excluding hydrogens is 228 g/mol. The van der Waals surface area contributed by atoms with E-state index < -0.39 is 0 Å². The summed E-state index contributed by atoms with van der Waals surface area (Å²) in [5.41, 5.74) is 1.86. The van der Waals surface area contributed by atoms with Crippen molar-refractivity contribution >= 4 is 11.8 Å². The number of nitrogens with zero attached hydrogens (tertiary/aromatic N) is 2. The maximum atomic E-state index is 12.2. The van der Waals surface area contributed by atoms with Crippen LogP contribution in [0.4, 0.5) is 10.5 Å². The maximum Gasteiger partial charge on any atom is 0.414 e. The van der Waals surface area contributed by atoms with E-state index >= 15 is 0 Å². The van der Waals surface area contributed by atoms with Gasteiger partial charge in [0.1, 0.15) is 0 Å². The summed E-state index contributed by atoms with van der Waals surface area (Å²) in [4.78, 5) is 18.3. The smallest absolute Gasteiger partial charge is 0.414 e. The fourth-order valence-corrected chi connectivity index (χ4v) is 2.28. The minimum Gasteiger partial charge on any atom is -0.446 e. The number of carbonyl (C=O) groups is 1. The molecule has 1 amide bonds. The lowest BCUT2D eigenvalue weighted by Gasteiger charge is -2.38. The average molecular weight is 248 g/mol. The van der Waals surface area contributed by atoms with Gasteiger partial charge in [0, 0.05) is 12.2 Å². The van der Waals surface area contributed by atoms with Crippen LogP contribution >= 0.6 is 0 Å². The Hall–Kier alpha value is -1.58. The average Bonchev–Trinajstić information content (AvgIpc) is 2.29. The van der Waals surface area contributed by atoms with Crippen LogP contribution in [0.25, 0.3) is 0 Å². The van der Waals surface area contributed by atoms with E-state index in [-0.39, 0.29) is 18.2 Å². The predicted octanol–water partition coefficient (Wildman–Crippen LogP) is 3.01. The van der Waals surface area contributed by atoms with Crippen molar-refractivity contribution < 1.29 is 9.53 Å². The zero-order valence-electron chi connectivity index (χ0n) is 11.4. The molecule has 2 rings (SSSR count). The number of ether oxygens (including phenoxy) is 1. The van der Waals surface area contributed by atoms with E-state index in [1.807, 2.05) is 26.0 Å². The van der Waals surface area contributed by atoms with Crippen LogP contribution < -0.4 is 4.90 Å². The first kappa shape index (κ1) is 12.9. The van der Waals surface area contributed by atoms with Crippen LogP contribution in [0, 0.1) is 5.92 Å². The third kappa shape index (κ3) is 2.33. The van der Waals surface area contributed by atoms with E-state index in [9.17, 15) is 4.79 Å². The van der Waals surface area contributed by atoms with Gasteiger partial charge in [-0.05, 0) is 45.2 Å². The highest BCUT2D eigenvalue weighted by Crippen LogP contribution is 2.32. The molecule has 1 aliphatic rings. The van der Waals surface area contributed by atoms with E-state index in [1.165, 1.54) is 0 Å². The van der Waals surface area contributed by atoms with Crippen LogP contribution in [0.1, 0.15) is 33.4 Å². The van der Waals surface area contributed by atoms with Gasteiger partial charge in [0.25, 0.3) is 0 Å². The maximum absolute atomic E-state index is 12.2. The fourth-order valence-electron chi connectivity index (χ4n) is 2.28. The molecule has 1 aliphatic heterocycles. The number of anilines is 1. The highest BCUT2D eigenvalue weighted by molar-refractivity contribution is 5.89. The molecule has 4 heteroatoms.